The zero-order valence-electron chi connectivity index (χ0n) is 13.3. The maximum atomic E-state index is 12.7. The van der Waals surface area contributed by atoms with Crippen molar-refractivity contribution in [2.24, 2.45) is 0 Å². The number of hydrogen-bond acceptors (Lipinski definition) is 4. The lowest BCUT2D eigenvalue weighted by atomic mass is 9.81. The van der Waals surface area contributed by atoms with Crippen LogP contribution in [-0.4, -0.2) is 38.7 Å². The highest BCUT2D eigenvalue weighted by Crippen LogP contribution is 2.36. The molecule has 2 aromatic heterocycles. The molecular formula is C16H22N4OS. The van der Waals surface area contributed by atoms with Gasteiger partial charge < -0.3 is 4.90 Å². The number of carbonyl (C=O) groups excluding carboxylic acids is 1. The first-order chi connectivity index (χ1) is 10.5. The number of aromatic nitrogens is 3. The summed E-state index contributed by atoms with van der Waals surface area (Å²) < 4.78 is 1.80. The predicted molar refractivity (Wildman–Crippen MR) is 87.2 cm³/mol. The van der Waals surface area contributed by atoms with Gasteiger partial charge in [-0.05, 0) is 32.8 Å². The molecule has 0 spiro atoms. The van der Waals surface area contributed by atoms with Gasteiger partial charge in [0.15, 0.2) is 0 Å². The number of rotatable bonds is 3. The summed E-state index contributed by atoms with van der Waals surface area (Å²) in [6, 6.07) is 2.01. The summed E-state index contributed by atoms with van der Waals surface area (Å²) in [7, 11) is 0. The van der Waals surface area contributed by atoms with Crippen LogP contribution in [0, 0.1) is 0 Å². The largest absolute Gasteiger partial charge is 0.337 e. The Morgan fingerprint density at radius 1 is 1.32 bits per heavy atom. The number of thiazole rings is 1. The Balaban J connectivity index is 1.71. The van der Waals surface area contributed by atoms with E-state index < -0.39 is 0 Å². The fourth-order valence-electron chi connectivity index (χ4n) is 3.00. The van der Waals surface area contributed by atoms with E-state index in [1.807, 2.05) is 36.4 Å². The Bertz CT molecular complexity index is 639. The number of likely N-dealkylation sites (tertiary alicyclic amines) is 1. The van der Waals surface area contributed by atoms with Crippen LogP contribution in [0.25, 0.3) is 0 Å². The van der Waals surface area contributed by atoms with Crippen molar-refractivity contribution in [1.29, 1.82) is 0 Å². The van der Waals surface area contributed by atoms with Gasteiger partial charge in [0.05, 0.1) is 5.01 Å². The quantitative estimate of drug-likeness (QED) is 0.873. The second-order valence-electron chi connectivity index (χ2n) is 6.44. The Kier molecular flexibility index (Phi) is 4.04. The van der Waals surface area contributed by atoms with E-state index >= 15 is 0 Å². The molecule has 2 aromatic rings. The minimum Gasteiger partial charge on any atom is -0.337 e. The molecule has 0 aromatic carbocycles. The van der Waals surface area contributed by atoms with Crippen LogP contribution in [-0.2, 0) is 5.41 Å². The molecule has 1 aliphatic heterocycles. The maximum Gasteiger partial charge on any atom is 0.272 e. The topological polar surface area (TPSA) is 51.0 Å². The molecule has 0 saturated carbocycles. The van der Waals surface area contributed by atoms with Crippen molar-refractivity contribution in [2.45, 2.75) is 45.1 Å². The first kappa shape index (κ1) is 15.2. The lowest BCUT2D eigenvalue weighted by Crippen LogP contribution is -2.44. The fourth-order valence-corrected chi connectivity index (χ4v) is 3.86. The molecule has 0 bridgehead atoms. The Morgan fingerprint density at radius 2 is 2.05 bits per heavy atom. The zero-order valence-corrected chi connectivity index (χ0v) is 14.1. The Morgan fingerprint density at radius 3 is 2.64 bits per heavy atom. The Hall–Kier alpha value is -1.69. The molecule has 22 heavy (non-hydrogen) atoms. The van der Waals surface area contributed by atoms with Crippen molar-refractivity contribution in [2.75, 3.05) is 13.1 Å². The maximum absolute atomic E-state index is 12.7. The summed E-state index contributed by atoms with van der Waals surface area (Å²) in [5.41, 5.74) is 0.788. The van der Waals surface area contributed by atoms with Gasteiger partial charge in [-0.2, -0.15) is 5.10 Å². The smallest absolute Gasteiger partial charge is 0.272 e. The van der Waals surface area contributed by atoms with E-state index in [9.17, 15) is 4.79 Å². The highest BCUT2D eigenvalue weighted by Gasteiger charge is 2.36. The van der Waals surface area contributed by atoms with Crippen molar-refractivity contribution in [3.8, 4) is 0 Å². The Labute approximate surface area is 135 Å². The molecule has 5 nitrogen and oxygen atoms in total. The molecule has 0 aliphatic carbocycles. The van der Waals surface area contributed by atoms with Gasteiger partial charge in [0, 0.05) is 42.3 Å². The summed E-state index contributed by atoms with van der Waals surface area (Å²) in [4.78, 5) is 19.2. The van der Waals surface area contributed by atoms with Crippen molar-refractivity contribution in [1.82, 2.24) is 19.7 Å². The molecule has 1 aliphatic rings. The molecule has 118 valence electrons. The van der Waals surface area contributed by atoms with Crippen LogP contribution in [0.5, 0.6) is 0 Å². The molecule has 0 N–H and O–H groups in total. The lowest BCUT2D eigenvalue weighted by molar-refractivity contribution is 0.0661. The van der Waals surface area contributed by atoms with Gasteiger partial charge in [-0.1, -0.05) is 6.92 Å². The second kappa shape index (κ2) is 5.83. The van der Waals surface area contributed by atoms with E-state index in [0.717, 1.165) is 25.9 Å². The minimum atomic E-state index is 0.0902. The normalized spacial score (nSPS) is 17.9. The summed E-state index contributed by atoms with van der Waals surface area (Å²) in [5, 5.41) is 7.48. The number of piperidine rings is 1. The van der Waals surface area contributed by atoms with Crippen LogP contribution in [0.4, 0.5) is 0 Å². The summed E-state index contributed by atoms with van der Waals surface area (Å²) in [6.45, 7) is 7.89. The SMILES string of the molecule is CC(C)n1nccc1C(=O)N1CCC(C)(c2nccs2)CC1. The first-order valence-corrected chi connectivity index (χ1v) is 8.62. The molecule has 6 heteroatoms. The summed E-state index contributed by atoms with van der Waals surface area (Å²) in [6.07, 6.45) is 5.49. The van der Waals surface area contributed by atoms with Crippen molar-refractivity contribution in [3.05, 3.63) is 34.5 Å². The number of nitrogens with zero attached hydrogens (tertiary/aromatic N) is 4. The van der Waals surface area contributed by atoms with Crippen LogP contribution < -0.4 is 0 Å². The van der Waals surface area contributed by atoms with E-state index in [1.54, 1.807) is 22.2 Å². The van der Waals surface area contributed by atoms with Gasteiger partial charge in [0.1, 0.15) is 5.69 Å². The summed E-state index contributed by atoms with van der Waals surface area (Å²) >= 11 is 1.71. The number of carbonyl (C=O) groups is 1. The zero-order chi connectivity index (χ0) is 15.7. The molecule has 0 radical (unpaired) electrons. The van der Waals surface area contributed by atoms with Gasteiger partial charge in [-0.3, -0.25) is 9.48 Å². The third-order valence-corrected chi connectivity index (χ3v) is 5.56. The molecule has 1 saturated heterocycles. The van der Waals surface area contributed by atoms with E-state index in [4.69, 9.17) is 0 Å². The predicted octanol–water partition coefficient (Wildman–Crippen LogP) is 3.11. The van der Waals surface area contributed by atoms with Crippen molar-refractivity contribution in [3.63, 3.8) is 0 Å². The molecule has 1 amide bonds. The van der Waals surface area contributed by atoms with Crippen LogP contribution in [0.1, 0.15) is 55.2 Å². The molecule has 0 unspecified atom stereocenters. The van der Waals surface area contributed by atoms with Gasteiger partial charge in [0.2, 0.25) is 0 Å². The highest BCUT2D eigenvalue weighted by molar-refractivity contribution is 7.09. The second-order valence-corrected chi connectivity index (χ2v) is 7.34. The van der Waals surface area contributed by atoms with E-state index in [-0.39, 0.29) is 17.4 Å². The molecule has 1 fully saturated rings. The van der Waals surface area contributed by atoms with Crippen LogP contribution in [0.3, 0.4) is 0 Å². The first-order valence-electron chi connectivity index (χ1n) is 7.74. The van der Waals surface area contributed by atoms with Gasteiger partial charge in [-0.15, -0.1) is 11.3 Å². The number of amides is 1. The van der Waals surface area contributed by atoms with Crippen LogP contribution in [0.2, 0.25) is 0 Å². The van der Waals surface area contributed by atoms with Crippen LogP contribution >= 0.6 is 11.3 Å². The summed E-state index contributed by atoms with van der Waals surface area (Å²) in [5.74, 6) is 0.0902. The average Bonchev–Trinajstić information content (AvgIpc) is 3.19. The average molecular weight is 318 g/mol. The van der Waals surface area contributed by atoms with E-state index in [2.05, 4.69) is 17.0 Å². The molecular weight excluding hydrogens is 296 g/mol. The monoisotopic (exact) mass is 318 g/mol. The van der Waals surface area contributed by atoms with Crippen molar-refractivity contribution < 1.29 is 4.79 Å². The van der Waals surface area contributed by atoms with Crippen molar-refractivity contribution >= 4 is 17.2 Å². The third-order valence-electron chi connectivity index (χ3n) is 4.48. The third kappa shape index (κ3) is 2.67. The fraction of sp³-hybridized carbons (Fsp3) is 0.562. The molecule has 3 heterocycles. The number of hydrogen-bond donors (Lipinski definition) is 0. The van der Waals surface area contributed by atoms with Gasteiger partial charge in [0.25, 0.3) is 5.91 Å². The van der Waals surface area contributed by atoms with E-state index in [1.165, 1.54) is 5.01 Å². The highest BCUT2D eigenvalue weighted by atomic mass is 32.1. The van der Waals surface area contributed by atoms with Crippen LogP contribution in [0.15, 0.2) is 23.8 Å². The lowest BCUT2D eigenvalue weighted by Gasteiger charge is -2.38. The minimum absolute atomic E-state index is 0.0902. The molecule has 3 rings (SSSR count). The van der Waals surface area contributed by atoms with Gasteiger partial charge in [-0.25, -0.2) is 4.98 Å². The molecule has 0 atom stereocenters. The van der Waals surface area contributed by atoms with Gasteiger partial charge >= 0.3 is 0 Å². The standard InChI is InChI=1S/C16H22N4OS/c1-12(2)20-13(4-7-18-20)14(21)19-9-5-16(3,6-10-19)15-17-8-11-22-15/h4,7-8,11-12H,5-6,9-10H2,1-3H3. The van der Waals surface area contributed by atoms with E-state index in [0.29, 0.717) is 5.69 Å².